The average molecular weight is 419 g/mol. The van der Waals surface area contributed by atoms with Gasteiger partial charge in [-0.05, 0) is 24.6 Å². The van der Waals surface area contributed by atoms with Gasteiger partial charge in [0.05, 0.1) is 18.6 Å². The van der Waals surface area contributed by atoms with Gasteiger partial charge < -0.3 is 19.5 Å². The highest BCUT2D eigenvalue weighted by Crippen LogP contribution is 2.15. The molecule has 0 spiro atoms. The van der Waals surface area contributed by atoms with Gasteiger partial charge in [-0.3, -0.25) is 14.5 Å². The first-order valence-electron chi connectivity index (χ1n) is 9.47. The number of methoxy groups -OCH3 is 1. The number of ether oxygens (including phenoxy) is 1. The summed E-state index contributed by atoms with van der Waals surface area (Å²) in [6, 6.07) is 9.72. The number of aryl methyl sites for hydroxylation is 1. The van der Waals surface area contributed by atoms with Crippen molar-refractivity contribution in [1.29, 1.82) is 0 Å². The minimum atomic E-state index is -0.194. The van der Waals surface area contributed by atoms with Crippen molar-refractivity contribution < 1.29 is 18.8 Å². The van der Waals surface area contributed by atoms with E-state index in [0.29, 0.717) is 30.4 Å². The highest BCUT2D eigenvalue weighted by molar-refractivity contribution is 8.00. The van der Waals surface area contributed by atoms with Crippen molar-refractivity contribution in [2.24, 2.45) is 0 Å². The number of hydrogen-bond acceptors (Lipinski definition) is 7. The summed E-state index contributed by atoms with van der Waals surface area (Å²) < 4.78 is 10.1. The molecule has 1 saturated heterocycles. The fraction of sp³-hybridized carbons (Fsp3) is 0.450. The molecule has 0 unspecified atom stereocenters. The fourth-order valence-corrected chi connectivity index (χ4v) is 3.79. The number of anilines is 1. The van der Waals surface area contributed by atoms with Crippen LogP contribution in [-0.4, -0.2) is 71.6 Å². The van der Waals surface area contributed by atoms with Gasteiger partial charge in [0.15, 0.2) is 5.82 Å². The number of hydrogen-bond donors (Lipinski definition) is 1. The summed E-state index contributed by atoms with van der Waals surface area (Å²) >= 11 is 1.31. The van der Waals surface area contributed by atoms with Crippen molar-refractivity contribution in [1.82, 2.24) is 15.0 Å². The first-order valence-corrected chi connectivity index (χ1v) is 10.6. The van der Waals surface area contributed by atoms with Crippen molar-refractivity contribution >= 4 is 29.4 Å². The number of rotatable bonds is 8. The van der Waals surface area contributed by atoms with Crippen molar-refractivity contribution in [2.45, 2.75) is 13.5 Å². The van der Waals surface area contributed by atoms with Gasteiger partial charge in [-0.15, -0.1) is 11.8 Å². The molecule has 1 N–H and O–H groups in total. The Balaban J connectivity index is 1.33. The van der Waals surface area contributed by atoms with E-state index in [4.69, 9.17) is 9.26 Å². The molecular weight excluding hydrogens is 392 g/mol. The fourth-order valence-electron chi connectivity index (χ4n) is 3.07. The SMILES string of the molecule is COc1ccc(CN2CCN(C(=O)CSCC(=O)Nc3cc(C)on3)CC2)cc1. The molecule has 1 aromatic heterocycles. The molecule has 2 aromatic rings. The zero-order valence-electron chi connectivity index (χ0n) is 16.7. The normalized spacial score (nSPS) is 14.6. The predicted octanol–water partition coefficient (Wildman–Crippen LogP) is 2.01. The van der Waals surface area contributed by atoms with Gasteiger partial charge in [-0.2, -0.15) is 0 Å². The Hall–Kier alpha value is -2.52. The van der Waals surface area contributed by atoms with E-state index in [1.54, 1.807) is 20.1 Å². The molecule has 2 amide bonds. The maximum absolute atomic E-state index is 12.4. The van der Waals surface area contributed by atoms with Crippen LogP contribution >= 0.6 is 11.8 Å². The zero-order chi connectivity index (χ0) is 20.6. The topological polar surface area (TPSA) is 87.9 Å². The van der Waals surface area contributed by atoms with E-state index < -0.39 is 0 Å². The number of thioether (sulfide) groups is 1. The van der Waals surface area contributed by atoms with E-state index >= 15 is 0 Å². The molecule has 9 heteroatoms. The molecule has 0 aliphatic carbocycles. The van der Waals surface area contributed by atoms with Crippen LogP contribution in [0.2, 0.25) is 0 Å². The Labute approximate surface area is 174 Å². The first kappa shape index (κ1) is 21.2. The van der Waals surface area contributed by atoms with Crippen LogP contribution in [0, 0.1) is 6.92 Å². The van der Waals surface area contributed by atoms with Crippen LogP contribution in [0.5, 0.6) is 5.75 Å². The number of nitrogens with one attached hydrogen (secondary N) is 1. The quantitative estimate of drug-likeness (QED) is 0.702. The largest absolute Gasteiger partial charge is 0.497 e. The second-order valence-electron chi connectivity index (χ2n) is 6.87. The molecule has 1 aliphatic rings. The van der Waals surface area contributed by atoms with E-state index in [1.807, 2.05) is 17.0 Å². The zero-order valence-corrected chi connectivity index (χ0v) is 17.5. The highest BCUT2D eigenvalue weighted by atomic mass is 32.2. The lowest BCUT2D eigenvalue weighted by Crippen LogP contribution is -2.48. The summed E-state index contributed by atoms with van der Waals surface area (Å²) in [4.78, 5) is 28.5. The van der Waals surface area contributed by atoms with Crippen LogP contribution in [0.15, 0.2) is 34.9 Å². The van der Waals surface area contributed by atoms with Crippen LogP contribution in [0.1, 0.15) is 11.3 Å². The molecule has 3 rings (SSSR count). The van der Waals surface area contributed by atoms with E-state index in [9.17, 15) is 9.59 Å². The minimum Gasteiger partial charge on any atom is -0.497 e. The van der Waals surface area contributed by atoms with E-state index in [0.717, 1.165) is 25.4 Å². The summed E-state index contributed by atoms with van der Waals surface area (Å²) in [6.07, 6.45) is 0. The summed E-state index contributed by atoms with van der Waals surface area (Å²) in [5, 5.41) is 6.36. The van der Waals surface area contributed by atoms with Gasteiger partial charge in [0, 0.05) is 38.8 Å². The maximum atomic E-state index is 12.4. The van der Waals surface area contributed by atoms with Crippen molar-refractivity contribution in [2.75, 3.05) is 50.1 Å². The highest BCUT2D eigenvalue weighted by Gasteiger charge is 2.21. The first-order chi connectivity index (χ1) is 14.0. The van der Waals surface area contributed by atoms with Crippen LogP contribution in [-0.2, 0) is 16.1 Å². The third-order valence-electron chi connectivity index (χ3n) is 4.64. The average Bonchev–Trinajstić information content (AvgIpc) is 3.13. The molecule has 0 saturated carbocycles. The number of carbonyl (C=O) groups is 2. The van der Waals surface area contributed by atoms with Gasteiger partial charge in [0.1, 0.15) is 11.5 Å². The summed E-state index contributed by atoms with van der Waals surface area (Å²) in [5.74, 6) is 2.26. The number of nitrogens with zero attached hydrogens (tertiary/aromatic N) is 3. The van der Waals surface area contributed by atoms with Gasteiger partial charge in [-0.25, -0.2) is 0 Å². The Morgan fingerprint density at radius 3 is 2.52 bits per heavy atom. The predicted molar refractivity (Wildman–Crippen MR) is 112 cm³/mol. The molecule has 0 bridgehead atoms. The number of carbonyl (C=O) groups excluding carboxylic acids is 2. The molecule has 1 fully saturated rings. The Kier molecular flexibility index (Phi) is 7.54. The second-order valence-corrected chi connectivity index (χ2v) is 7.85. The van der Waals surface area contributed by atoms with Crippen LogP contribution in [0.25, 0.3) is 0 Å². The second kappa shape index (κ2) is 10.3. The van der Waals surface area contributed by atoms with Gasteiger partial charge in [0.2, 0.25) is 11.8 Å². The summed E-state index contributed by atoms with van der Waals surface area (Å²) in [5.41, 5.74) is 1.23. The lowest BCUT2D eigenvalue weighted by atomic mass is 10.2. The Bertz CT molecular complexity index is 816. The monoisotopic (exact) mass is 418 g/mol. The number of benzene rings is 1. The molecule has 8 nitrogen and oxygen atoms in total. The molecule has 0 atom stereocenters. The number of piperazine rings is 1. The maximum Gasteiger partial charge on any atom is 0.235 e. The van der Waals surface area contributed by atoms with Crippen LogP contribution < -0.4 is 10.1 Å². The molecule has 0 radical (unpaired) electrons. The molecule has 156 valence electrons. The summed E-state index contributed by atoms with van der Waals surface area (Å²) in [7, 11) is 1.66. The van der Waals surface area contributed by atoms with Gasteiger partial charge in [0.25, 0.3) is 0 Å². The van der Waals surface area contributed by atoms with Crippen molar-refractivity contribution in [3.05, 3.63) is 41.7 Å². The van der Waals surface area contributed by atoms with Crippen LogP contribution in [0.3, 0.4) is 0 Å². The third kappa shape index (κ3) is 6.50. The lowest BCUT2D eigenvalue weighted by molar-refractivity contribution is -0.130. The van der Waals surface area contributed by atoms with Crippen molar-refractivity contribution in [3.8, 4) is 5.75 Å². The van der Waals surface area contributed by atoms with E-state index in [-0.39, 0.29) is 17.6 Å². The standard InChI is InChI=1S/C20H26N4O4S/c1-15-11-18(22-28-15)21-19(25)13-29-14-20(26)24-9-7-23(8-10-24)12-16-3-5-17(27-2)6-4-16/h3-6,11H,7-10,12-14H2,1-2H3,(H,21,22,25). The smallest absolute Gasteiger partial charge is 0.235 e. The van der Waals surface area contributed by atoms with E-state index in [1.165, 1.54) is 17.3 Å². The lowest BCUT2D eigenvalue weighted by Gasteiger charge is -2.34. The molecular formula is C20H26N4O4S. The number of aromatic nitrogens is 1. The molecule has 2 heterocycles. The van der Waals surface area contributed by atoms with Crippen LogP contribution in [0.4, 0.5) is 5.82 Å². The molecule has 1 aromatic carbocycles. The molecule has 29 heavy (non-hydrogen) atoms. The Morgan fingerprint density at radius 1 is 1.17 bits per heavy atom. The third-order valence-corrected chi connectivity index (χ3v) is 5.56. The van der Waals surface area contributed by atoms with Gasteiger partial charge in [-0.1, -0.05) is 17.3 Å². The van der Waals surface area contributed by atoms with E-state index in [2.05, 4.69) is 27.5 Å². The Morgan fingerprint density at radius 2 is 1.90 bits per heavy atom. The minimum absolute atomic E-state index is 0.0733. The van der Waals surface area contributed by atoms with Gasteiger partial charge >= 0.3 is 0 Å². The number of amides is 2. The summed E-state index contributed by atoms with van der Waals surface area (Å²) in [6.45, 7) is 5.72. The van der Waals surface area contributed by atoms with Crippen molar-refractivity contribution in [3.63, 3.8) is 0 Å². The molecule has 1 aliphatic heterocycles.